The first-order valence-electron chi connectivity index (χ1n) is 9.16. The van der Waals surface area contributed by atoms with E-state index in [1.165, 1.54) is 0 Å². The van der Waals surface area contributed by atoms with Crippen LogP contribution in [0.5, 0.6) is 0 Å². The summed E-state index contributed by atoms with van der Waals surface area (Å²) < 4.78 is 0. The fraction of sp³-hybridized carbons (Fsp3) is 0.556. The molecule has 0 atom stereocenters. The van der Waals surface area contributed by atoms with Gasteiger partial charge in [0.2, 0.25) is 5.91 Å². The predicted molar refractivity (Wildman–Crippen MR) is 94.5 cm³/mol. The maximum atomic E-state index is 12.7. The zero-order valence-electron chi connectivity index (χ0n) is 14.7. The summed E-state index contributed by atoms with van der Waals surface area (Å²) in [5.74, 6) is -0.401. The number of rotatable bonds is 3. The first-order chi connectivity index (χ1) is 12.6. The second kappa shape index (κ2) is 6.59. The molecule has 3 aliphatic rings. The smallest absolute Gasteiger partial charge is 0.325 e. The average molecular weight is 357 g/mol. The number of nitrogens with one attached hydrogen (secondary N) is 1. The average Bonchev–Trinajstić information content (AvgIpc) is 3.23. The van der Waals surface area contributed by atoms with Crippen molar-refractivity contribution in [1.82, 2.24) is 20.1 Å². The van der Waals surface area contributed by atoms with Crippen LogP contribution in [0.3, 0.4) is 0 Å². The number of imide groups is 1. The van der Waals surface area contributed by atoms with E-state index in [9.17, 15) is 14.4 Å². The van der Waals surface area contributed by atoms with E-state index in [1.54, 1.807) is 17.3 Å². The van der Waals surface area contributed by atoms with Gasteiger partial charge in [-0.25, -0.2) is 4.79 Å². The van der Waals surface area contributed by atoms with E-state index >= 15 is 0 Å². The molecule has 0 unspecified atom stereocenters. The molecule has 3 heterocycles. The van der Waals surface area contributed by atoms with Crippen LogP contribution in [0.4, 0.5) is 10.5 Å². The number of pyridine rings is 1. The summed E-state index contributed by atoms with van der Waals surface area (Å²) in [7, 11) is 0. The topological polar surface area (TPSA) is 85.8 Å². The summed E-state index contributed by atoms with van der Waals surface area (Å²) in [6.45, 7) is 2.44. The Kier molecular flexibility index (Phi) is 4.26. The molecule has 8 nitrogen and oxygen atoms in total. The molecule has 1 N–H and O–H groups in total. The molecular weight excluding hydrogens is 334 g/mol. The van der Waals surface area contributed by atoms with Gasteiger partial charge in [-0.05, 0) is 25.0 Å². The Morgan fingerprint density at radius 2 is 1.73 bits per heavy atom. The van der Waals surface area contributed by atoms with Crippen molar-refractivity contribution in [2.75, 3.05) is 37.6 Å². The quantitative estimate of drug-likeness (QED) is 0.801. The number of aromatic nitrogens is 1. The van der Waals surface area contributed by atoms with Crippen LogP contribution in [0.15, 0.2) is 24.5 Å². The standard InChI is InChI=1S/C18H23N5O3/c24-15(13-23-16(25)18(20-17(23)26)5-1-2-6-18)22-11-9-21(10-12-22)14-3-7-19-8-4-14/h3-4,7-8H,1-2,5-6,9-13H2,(H,20,26). The molecule has 8 heteroatoms. The molecule has 0 aromatic carbocycles. The molecule has 0 bridgehead atoms. The van der Waals surface area contributed by atoms with Crippen LogP contribution < -0.4 is 10.2 Å². The third-order valence-corrected chi connectivity index (χ3v) is 5.66. The van der Waals surface area contributed by atoms with Crippen molar-refractivity contribution in [2.24, 2.45) is 0 Å². The van der Waals surface area contributed by atoms with E-state index in [1.807, 2.05) is 12.1 Å². The summed E-state index contributed by atoms with van der Waals surface area (Å²) in [4.78, 5) is 46.5. The fourth-order valence-electron chi connectivity index (χ4n) is 4.14. The number of urea groups is 1. The van der Waals surface area contributed by atoms with Gasteiger partial charge in [-0.2, -0.15) is 0 Å². The number of hydrogen-bond donors (Lipinski definition) is 1. The molecular formula is C18H23N5O3. The number of carbonyl (C=O) groups is 3. The van der Waals surface area contributed by atoms with Gasteiger partial charge in [0.05, 0.1) is 0 Å². The molecule has 2 saturated heterocycles. The molecule has 1 saturated carbocycles. The Labute approximate surface area is 152 Å². The van der Waals surface area contributed by atoms with Crippen LogP contribution in [0, 0.1) is 0 Å². The Bertz CT molecular complexity index is 709. The first-order valence-corrected chi connectivity index (χ1v) is 9.16. The molecule has 0 radical (unpaired) electrons. The van der Waals surface area contributed by atoms with Gasteiger partial charge in [0.15, 0.2) is 0 Å². The Morgan fingerprint density at radius 1 is 1.08 bits per heavy atom. The van der Waals surface area contributed by atoms with Crippen molar-refractivity contribution >= 4 is 23.5 Å². The minimum atomic E-state index is -0.753. The lowest BCUT2D eigenvalue weighted by Gasteiger charge is -2.36. The summed E-state index contributed by atoms with van der Waals surface area (Å²) in [6, 6.07) is 3.47. The lowest BCUT2D eigenvalue weighted by atomic mass is 9.98. The lowest BCUT2D eigenvalue weighted by Crippen LogP contribution is -2.52. The molecule has 1 spiro atoms. The monoisotopic (exact) mass is 357 g/mol. The summed E-state index contributed by atoms with van der Waals surface area (Å²) >= 11 is 0. The number of amides is 4. The van der Waals surface area contributed by atoms with Gasteiger partial charge >= 0.3 is 6.03 Å². The highest BCUT2D eigenvalue weighted by Gasteiger charge is 2.52. The second-order valence-corrected chi connectivity index (χ2v) is 7.18. The maximum Gasteiger partial charge on any atom is 0.325 e. The number of piperazine rings is 1. The van der Waals surface area contributed by atoms with E-state index in [-0.39, 0.29) is 18.4 Å². The molecule has 138 valence electrons. The predicted octanol–water partition coefficient (Wildman–Crippen LogP) is 0.595. The Balaban J connectivity index is 1.34. The second-order valence-electron chi connectivity index (χ2n) is 7.18. The lowest BCUT2D eigenvalue weighted by molar-refractivity contribution is -0.139. The molecule has 1 aromatic heterocycles. The summed E-state index contributed by atoms with van der Waals surface area (Å²) in [6.07, 6.45) is 6.72. The number of anilines is 1. The molecule has 3 fully saturated rings. The van der Waals surface area contributed by atoms with Crippen LogP contribution >= 0.6 is 0 Å². The van der Waals surface area contributed by atoms with Gasteiger partial charge in [-0.1, -0.05) is 12.8 Å². The largest absolute Gasteiger partial charge is 0.368 e. The van der Waals surface area contributed by atoms with Crippen molar-refractivity contribution in [2.45, 2.75) is 31.2 Å². The molecule has 4 amide bonds. The number of nitrogens with zero attached hydrogens (tertiary/aromatic N) is 4. The summed E-state index contributed by atoms with van der Waals surface area (Å²) in [5, 5.41) is 2.82. The van der Waals surface area contributed by atoms with E-state index < -0.39 is 11.6 Å². The van der Waals surface area contributed by atoms with Crippen LogP contribution in [0.1, 0.15) is 25.7 Å². The summed E-state index contributed by atoms with van der Waals surface area (Å²) in [5.41, 5.74) is 0.335. The van der Waals surface area contributed by atoms with Crippen molar-refractivity contribution in [1.29, 1.82) is 0 Å². The van der Waals surface area contributed by atoms with E-state index in [0.717, 1.165) is 36.5 Å². The third kappa shape index (κ3) is 2.89. The van der Waals surface area contributed by atoms with E-state index in [2.05, 4.69) is 15.2 Å². The zero-order chi connectivity index (χ0) is 18.1. The van der Waals surface area contributed by atoms with E-state index in [0.29, 0.717) is 25.9 Å². The highest BCUT2D eigenvalue weighted by Crippen LogP contribution is 2.35. The van der Waals surface area contributed by atoms with Gasteiger partial charge in [-0.3, -0.25) is 19.5 Å². The third-order valence-electron chi connectivity index (χ3n) is 5.66. The van der Waals surface area contributed by atoms with Crippen molar-refractivity contribution in [3.05, 3.63) is 24.5 Å². The van der Waals surface area contributed by atoms with Crippen LogP contribution in [-0.2, 0) is 9.59 Å². The molecule has 4 rings (SSSR count). The van der Waals surface area contributed by atoms with E-state index in [4.69, 9.17) is 0 Å². The van der Waals surface area contributed by atoms with Crippen LogP contribution in [0.25, 0.3) is 0 Å². The van der Waals surface area contributed by atoms with Crippen LogP contribution in [-0.4, -0.2) is 70.9 Å². The molecule has 26 heavy (non-hydrogen) atoms. The highest BCUT2D eigenvalue weighted by molar-refractivity contribution is 6.09. The van der Waals surface area contributed by atoms with Gasteiger partial charge < -0.3 is 15.1 Å². The Morgan fingerprint density at radius 3 is 2.38 bits per heavy atom. The van der Waals surface area contributed by atoms with Gasteiger partial charge in [0, 0.05) is 44.3 Å². The first kappa shape index (κ1) is 16.8. The highest BCUT2D eigenvalue weighted by atomic mass is 16.2. The van der Waals surface area contributed by atoms with Crippen LogP contribution in [0.2, 0.25) is 0 Å². The minimum Gasteiger partial charge on any atom is -0.368 e. The normalized spacial score (nSPS) is 22.2. The Hall–Kier alpha value is -2.64. The minimum absolute atomic E-state index is 0.165. The number of carbonyl (C=O) groups excluding carboxylic acids is 3. The van der Waals surface area contributed by atoms with Gasteiger partial charge in [0.25, 0.3) is 5.91 Å². The SMILES string of the molecule is O=C(CN1C(=O)NC2(CCCC2)C1=O)N1CCN(c2ccncc2)CC1. The maximum absolute atomic E-state index is 12.7. The van der Waals surface area contributed by atoms with Gasteiger partial charge in [-0.15, -0.1) is 0 Å². The fourth-order valence-corrected chi connectivity index (χ4v) is 4.14. The number of hydrogen-bond acceptors (Lipinski definition) is 5. The van der Waals surface area contributed by atoms with Crippen molar-refractivity contribution in [3.8, 4) is 0 Å². The van der Waals surface area contributed by atoms with Crippen molar-refractivity contribution in [3.63, 3.8) is 0 Å². The van der Waals surface area contributed by atoms with Crippen molar-refractivity contribution < 1.29 is 14.4 Å². The zero-order valence-corrected chi connectivity index (χ0v) is 14.7. The van der Waals surface area contributed by atoms with Gasteiger partial charge in [0.1, 0.15) is 12.1 Å². The molecule has 2 aliphatic heterocycles. The molecule has 1 aromatic rings. The molecule has 1 aliphatic carbocycles.